The van der Waals surface area contributed by atoms with E-state index >= 15 is 0 Å². The lowest BCUT2D eigenvalue weighted by atomic mass is 10.0. The number of carbonyl (C=O) groups excluding carboxylic acids is 1. The number of nitrogens with one attached hydrogen (secondary N) is 1. The predicted octanol–water partition coefficient (Wildman–Crippen LogP) is 4.10. The number of ether oxygens (including phenoxy) is 2. The highest BCUT2D eigenvalue weighted by atomic mass is 16.5. The van der Waals surface area contributed by atoms with Crippen molar-refractivity contribution in [1.82, 2.24) is 10.2 Å². The zero-order valence-electron chi connectivity index (χ0n) is 20.0. The molecule has 0 bridgehead atoms. The minimum Gasteiger partial charge on any atom is -0.478 e. The normalized spacial score (nSPS) is 14.8. The van der Waals surface area contributed by atoms with Crippen LogP contribution < -0.4 is 5.32 Å². The van der Waals surface area contributed by atoms with Gasteiger partial charge in [-0.05, 0) is 65.1 Å². The number of hydrogen-bond donors (Lipinski definition) is 2. The highest BCUT2D eigenvalue weighted by Crippen LogP contribution is 2.21. The summed E-state index contributed by atoms with van der Waals surface area (Å²) in [4.78, 5) is 26.1. The van der Waals surface area contributed by atoms with Crippen LogP contribution in [0.2, 0.25) is 0 Å². The van der Waals surface area contributed by atoms with Crippen LogP contribution >= 0.6 is 0 Å². The number of hydrogen-bond acceptors (Lipinski definition) is 5. The molecule has 0 saturated carbocycles. The van der Waals surface area contributed by atoms with Crippen LogP contribution in [0.5, 0.6) is 0 Å². The Kier molecular flexibility index (Phi) is 8.47. The molecular formula is C28H32N2O5. The smallest absolute Gasteiger partial charge is 0.335 e. The van der Waals surface area contributed by atoms with Gasteiger partial charge in [0.15, 0.2) is 0 Å². The molecule has 0 aliphatic carbocycles. The zero-order chi connectivity index (χ0) is 24.6. The van der Waals surface area contributed by atoms with E-state index < -0.39 is 5.97 Å². The number of amides is 1. The van der Waals surface area contributed by atoms with Crippen molar-refractivity contribution in [2.75, 3.05) is 33.4 Å². The molecule has 0 spiro atoms. The fourth-order valence-electron chi connectivity index (χ4n) is 4.42. The summed E-state index contributed by atoms with van der Waals surface area (Å²) < 4.78 is 10.7. The minimum absolute atomic E-state index is 0.0875. The summed E-state index contributed by atoms with van der Waals surface area (Å²) in [5.41, 5.74) is 2.92. The summed E-state index contributed by atoms with van der Waals surface area (Å²) in [6.45, 7) is 4.40. The van der Waals surface area contributed by atoms with Gasteiger partial charge in [0.1, 0.15) is 0 Å². The highest BCUT2D eigenvalue weighted by Gasteiger charge is 2.21. The van der Waals surface area contributed by atoms with Gasteiger partial charge in [-0.3, -0.25) is 9.69 Å². The first kappa shape index (κ1) is 24.9. The van der Waals surface area contributed by atoms with Gasteiger partial charge >= 0.3 is 5.97 Å². The zero-order valence-corrected chi connectivity index (χ0v) is 20.0. The van der Waals surface area contributed by atoms with E-state index in [0.717, 1.165) is 38.0 Å². The van der Waals surface area contributed by atoms with Crippen molar-refractivity contribution >= 4 is 22.6 Å². The predicted molar refractivity (Wildman–Crippen MR) is 135 cm³/mol. The van der Waals surface area contributed by atoms with Gasteiger partial charge in [-0.25, -0.2) is 4.79 Å². The molecule has 7 heteroatoms. The van der Waals surface area contributed by atoms with Gasteiger partial charge in [-0.15, -0.1) is 0 Å². The number of benzene rings is 3. The molecule has 2 N–H and O–H groups in total. The molecule has 7 nitrogen and oxygen atoms in total. The van der Waals surface area contributed by atoms with Crippen LogP contribution in [-0.4, -0.2) is 61.3 Å². The van der Waals surface area contributed by atoms with E-state index in [1.54, 1.807) is 19.2 Å². The summed E-state index contributed by atoms with van der Waals surface area (Å²) in [6, 6.07) is 19.3. The maximum Gasteiger partial charge on any atom is 0.335 e. The third-order valence-electron chi connectivity index (χ3n) is 6.37. The maximum absolute atomic E-state index is 12.6. The van der Waals surface area contributed by atoms with Crippen LogP contribution in [0.1, 0.15) is 44.7 Å². The molecule has 1 heterocycles. The Morgan fingerprint density at radius 1 is 0.943 bits per heavy atom. The van der Waals surface area contributed by atoms with Crippen molar-refractivity contribution in [1.29, 1.82) is 0 Å². The molecule has 0 unspecified atom stereocenters. The van der Waals surface area contributed by atoms with Gasteiger partial charge in [-0.1, -0.05) is 30.3 Å². The van der Waals surface area contributed by atoms with E-state index in [1.807, 2.05) is 0 Å². The number of piperidine rings is 1. The summed E-state index contributed by atoms with van der Waals surface area (Å²) in [5, 5.41) is 14.6. The number of fused-ring (bicyclic) bond motifs is 1. The van der Waals surface area contributed by atoms with Gasteiger partial charge in [0, 0.05) is 38.3 Å². The van der Waals surface area contributed by atoms with E-state index in [1.165, 1.54) is 28.5 Å². The van der Waals surface area contributed by atoms with Gasteiger partial charge in [0.25, 0.3) is 5.91 Å². The number of nitrogens with zero attached hydrogens (tertiary/aromatic N) is 1. The third-order valence-corrected chi connectivity index (χ3v) is 6.37. The lowest BCUT2D eigenvalue weighted by Gasteiger charge is -2.32. The standard InChI is InChI=1S/C28H32N2O5/c1-34-13-14-35-19-21-6-8-22-7-5-20(15-25(22)16-21)18-30-11-9-26(10-12-30)29-27(31)23-3-2-4-24(17-23)28(32)33/h2-8,15-17,26H,9-14,18-19H2,1H3,(H,29,31)(H,32,33). The minimum atomic E-state index is -1.03. The Hall–Kier alpha value is -3.26. The molecule has 1 aliphatic heterocycles. The Bertz CT molecular complexity index is 1170. The van der Waals surface area contributed by atoms with E-state index in [9.17, 15) is 9.59 Å². The first-order valence-electron chi connectivity index (χ1n) is 12.0. The monoisotopic (exact) mass is 476 g/mol. The first-order valence-corrected chi connectivity index (χ1v) is 12.0. The number of carbonyl (C=O) groups is 2. The summed E-state index contributed by atoms with van der Waals surface area (Å²) in [5.74, 6) is -1.25. The molecular weight excluding hydrogens is 444 g/mol. The van der Waals surface area contributed by atoms with Crippen molar-refractivity contribution in [2.45, 2.75) is 32.0 Å². The van der Waals surface area contributed by atoms with Crippen molar-refractivity contribution < 1.29 is 24.2 Å². The fourth-order valence-corrected chi connectivity index (χ4v) is 4.42. The largest absolute Gasteiger partial charge is 0.478 e. The number of rotatable bonds is 10. The quantitative estimate of drug-likeness (QED) is 0.429. The molecule has 1 aliphatic rings. The Labute approximate surface area is 205 Å². The van der Waals surface area contributed by atoms with Crippen molar-refractivity contribution in [3.05, 3.63) is 82.9 Å². The molecule has 35 heavy (non-hydrogen) atoms. The van der Waals surface area contributed by atoms with Gasteiger partial charge in [-0.2, -0.15) is 0 Å². The molecule has 1 saturated heterocycles. The van der Waals surface area contributed by atoms with Crippen LogP contribution in [-0.2, 0) is 22.6 Å². The van der Waals surface area contributed by atoms with Crippen molar-refractivity contribution in [3.63, 3.8) is 0 Å². The molecule has 1 amide bonds. The summed E-state index contributed by atoms with van der Waals surface area (Å²) in [7, 11) is 1.67. The molecule has 4 rings (SSSR count). The third kappa shape index (κ3) is 6.88. The van der Waals surface area contributed by atoms with Crippen molar-refractivity contribution in [3.8, 4) is 0 Å². The van der Waals surface area contributed by atoms with Crippen LogP contribution in [0, 0.1) is 0 Å². The molecule has 0 atom stereocenters. The number of carboxylic acids is 1. The Balaban J connectivity index is 1.29. The first-order chi connectivity index (χ1) is 17.0. The molecule has 0 aromatic heterocycles. The van der Waals surface area contributed by atoms with E-state index in [2.05, 4.69) is 46.6 Å². The SMILES string of the molecule is COCCOCc1ccc2ccc(CN3CCC(NC(=O)c4cccc(C(=O)O)c4)CC3)cc2c1. The van der Waals surface area contributed by atoms with Crippen LogP contribution in [0.4, 0.5) is 0 Å². The number of methoxy groups -OCH3 is 1. The Morgan fingerprint density at radius 2 is 1.66 bits per heavy atom. The lowest BCUT2D eigenvalue weighted by Crippen LogP contribution is -2.44. The fraction of sp³-hybridized carbons (Fsp3) is 0.357. The maximum atomic E-state index is 12.6. The second kappa shape index (κ2) is 11.9. The van der Waals surface area contributed by atoms with E-state index in [-0.39, 0.29) is 17.5 Å². The molecule has 3 aromatic carbocycles. The second-order valence-corrected chi connectivity index (χ2v) is 8.97. The summed E-state index contributed by atoms with van der Waals surface area (Å²) >= 11 is 0. The van der Waals surface area contributed by atoms with Gasteiger partial charge in [0.2, 0.25) is 0 Å². The van der Waals surface area contributed by atoms with Gasteiger partial charge in [0.05, 0.1) is 25.4 Å². The van der Waals surface area contributed by atoms with E-state index in [0.29, 0.717) is 25.4 Å². The Morgan fingerprint density at radius 3 is 2.40 bits per heavy atom. The number of carboxylic acid groups (broad SMARTS) is 1. The summed E-state index contributed by atoms with van der Waals surface area (Å²) in [6.07, 6.45) is 1.72. The van der Waals surface area contributed by atoms with Crippen LogP contribution in [0.3, 0.4) is 0 Å². The molecule has 0 radical (unpaired) electrons. The van der Waals surface area contributed by atoms with Crippen LogP contribution in [0.15, 0.2) is 60.7 Å². The highest BCUT2D eigenvalue weighted by molar-refractivity contribution is 5.97. The average Bonchev–Trinajstić information content (AvgIpc) is 2.87. The lowest BCUT2D eigenvalue weighted by molar-refractivity contribution is 0.0617. The number of likely N-dealkylation sites (tertiary alicyclic amines) is 1. The molecule has 3 aromatic rings. The van der Waals surface area contributed by atoms with E-state index in [4.69, 9.17) is 14.6 Å². The molecule has 1 fully saturated rings. The second-order valence-electron chi connectivity index (χ2n) is 8.97. The average molecular weight is 477 g/mol. The number of aromatic carboxylic acids is 1. The van der Waals surface area contributed by atoms with Crippen molar-refractivity contribution in [2.24, 2.45) is 0 Å². The van der Waals surface area contributed by atoms with Crippen LogP contribution in [0.25, 0.3) is 10.8 Å². The topological polar surface area (TPSA) is 88.1 Å². The van der Waals surface area contributed by atoms with Gasteiger partial charge < -0.3 is 19.9 Å². The molecule has 184 valence electrons.